The Morgan fingerprint density at radius 3 is 2.52 bits per heavy atom. The highest BCUT2D eigenvalue weighted by Crippen LogP contribution is 2.29. The van der Waals surface area contributed by atoms with Gasteiger partial charge < -0.3 is 15.0 Å². The van der Waals surface area contributed by atoms with Gasteiger partial charge in [0.25, 0.3) is 5.91 Å². The fourth-order valence-corrected chi connectivity index (χ4v) is 3.35. The van der Waals surface area contributed by atoms with Crippen molar-refractivity contribution in [2.24, 2.45) is 0 Å². The number of pyridine rings is 1. The number of rotatable bonds is 5. The highest BCUT2D eigenvalue weighted by atomic mass is 16.5. The van der Waals surface area contributed by atoms with Crippen LogP contribution in [0.1, 0.15) is 33.2 Å². The topological polar surface area (TPSA) is 71.5 Å². The lowest BCUT2D eigenvalue weighted by Crippen LogP contribution is -2.28. The molecule has 0 bridgehead atoms. The van der Waals surface area contributed by atoms with Crippen LogP contribution < -0.4 is 10.2 Å². The van der Waals surface area contributed by atoms with Gasteiger partial charge in [-0.1, -0.05) is 18.2 Å². The fraction of sp³-hybridized carbons (Fsp3) is 0.174. The number of carbonyl (C=O) groups excluding carboxylic acids is 2. The van der Waals surface area contributed by atoms with Crippen LogP contribution in [0.25, 0.3) is 0 Å². The van der Waals surface area contributed by atoms with Crippen molar-refractivity contribution < 1.29 is 14.3 Å². The zero-order valence-electron chi connectivity index (χ0n) is 16.1. The Bertz CT molecular complexity index is 1030. The molecule has 1 amide bonds. The second-order valence-electron chi connectivity index (χ2n) is 6.69. The molecule has 0 radical (unpaired) electrons. The highest BCUT2D eigenvalue weighted by molar-refractivity contribution is 6.07. The Labute approximate surface area is 169 Å². The van der Waals surface area contributed by atoms with Gasteiger partial charge in [-0.3, -0.25) is 4.79 Å². The first-order chi connectivity index (χ1) is 14.2. The Morgan fingerprint density at radius 2 is 1.79 bits per heavy atom. The van der Waals surface area contributed by atoms with E-state index >= 15 is 0 Å². The summed E-state index contributed by atoms with van der Waals surface area (Å²) in [6.45, 7) is 2.80. The minimum atomic E-state index is -0.344. The lowest BCUT2D eigenvalue weighted by atomic mass is 10.2. The molecule has 1 aromatic heterocycles. The summed E-state index contributed by atoms with van der Waals surface area (Å²) >= 11 is 0. The number of carbonyl (C=O) groups is 2. The standard InChI is InChI=1S/C23H21N3O3/c1-2-29-23(28)17-7-10-19(11-8-17)25-21-12-9-18(15-24-21)22(27)26-14-13-16-5-3-4-6-20(16)26/h3-12,15H,2,13-14H2,1H3,(H,24,25). The average Bonchev–Trinajstić information content (AvgIpc) is 3.19. The van der Waals surface area contributed by atoms with E-state index in [9.17, 15) is 9.59 Å². The largest absolute Gasteiger partial charge is 0.462 e. The van der Waals surface area contributed by atoms with Crippen molar-refractivity contribution in [1.29, 1.82) is 0 Å². The Hall–Kier alpha value is -3.67. The van der Waals surface area contributed by atoms with Crippen LogP contribution in [-0.4, -0.2) is 30.0 Å². The summed E-state index contributed by atoms with van der Waals surface area (Å²) in [6.07, 6.45) is 2.45. The third kappa shape index (κ3) is 3.96. The second kappa shape index (κ2) is 8.14. The molecular formula is C23H21N3O3. The molecule has 1 aliphatic heterocycles. The number of anilines is 3. The molecule has 4 rings (SSSR count). The summed E-state index contributed by atoms with van der Waals surface area (Å²) in [7, 11) is 0. The van der Waals surface area contributed by atoms with E-state index in [0.29, 0.717) is 30.1 Å². The van der Waals surface area contributed by atoms with Gasteiger partial charge >= 0.3 is 5.97 Å². The van der Waals surface area contributed by atoms with E-state index in [2.05, 4.69) is 16.4 Å². The lowest BCUT2D eigenvalue weighted by Gasteiger charge is -2.17. The number of amides is 1. The number of aromatic nitrogens is 1. The molecule has 0 atom stereocenters. The number of fused-ring (bicyclic) bond motifs is 1. The zero-order valence-corrected chi connectivity index (χ0v) is 16.1. The van der Waals surface area contributed by atoms with Crippen molar-refractivity contribution in [2.45, 2.75) is 13.3 Å². The third-order valence-electron chi connectivity index (χ3n) is 4.81. The molecule has 29 heavy (non-hydrogen) atoms. The number of para-hydroxylation sites is 1. The van der Waals surface area contributed by atoms with Gasteiger partial charge in [0.05, 0.1) is 17.7 Å². The summed E-state index contributed by atoms with van der Waals surface area (Å²) < 4.78 is 4.98. The Morgan fingerprint density at radius 1 is 1.03 bits per heavy atom. The van der Waals surface area contributed by atoms with Crippen molar-refractivity contribution in [3.05, 3.63) is 83.6 Å². The maximum absolute atomic E-state index is 12.9. The summed E-state index contributed by atoms with van der Waals surface area (Å²) in [4.78, 5) is 30.7. The van der Waals surface area contributed by atoms with Crippen molar-refractivity contribution >= 4 is 29.1 Å². The van der Waals surface area contributed by atoms with Gasteiger partial charge in [0.2, 0.25) is 0 Å². The number of nitrogens with one attached hydrogen (secondary N) is 1. The maximum Gasteiger partial charge on any atom is 0.338 e. The van der Waals surface area contributed by atoms with Gasteiger partial charge in [-0.25, -0.2) is 9.78 Å². The summed E-state index contributed by atoms with van der Waals surface area (Å²) in [5, 5.41) is 3.17. The Balaban J connectivity index is 1.43. The van der Waals surface area contributed by atoms with E-state index in [1.54, 1.807) is 54.4 Å². The molecule has 0 fully saturated rings. The molecule has 0 aliphatic carbocycles. The number of hydrogen-bond acceptors (Lipinski definition) is 5. The van der Waals surface area contributed by atoms with E-state index in [0.717, 1.165) is 17.8 Å². The quantitative estimate of drug-likeness (QED) is 0.664. The zero-order chi connectivity index (χ0) is 20.2. The van der Waals surface area contributed by atoms with Crippen LogP contribution in [0.2, 0.25) is 0 Å². The third-order valence-corrected chi connectivity index (χ3v) is 4.81. The van der Waals surface area contributed by atoms with E-state index in [1.807, 2.05) is 18.2 Å². The summed E-state index contributed by atoms with van der Waals surface area (Å²) in [5.74, 6) is 0.226. The Kier molecular flexibility index (Phi) is 5.24. The van der Waals surface area contributed by atoms with Crippen molar-refractivity contribution in [3.63, 3.8) is 0 Å². The van der Waals surface area contributed by atoms with Crippen LogP contribution >= 0.6 is 0 Å². The van der Waals surface area contributed by atoms with E-state index < -0.39 is 0 Å². The van der Waals surface area contributed by atoms with Crippen molar-refractivity contribution in [1.82, 2.24) is 4.98 Å². The van der Waals surface area contributed by atoms with Crippen LogP contribution in [0.15, 0.2) is 66.9 Å². The van der Waals surface area contributed by atoms with Crippen LogP contribution in [0.4, 0.5) is 17.2 Å². The predicted octanol–water partition coefficient (Wildman–Crippen LogP) is 4.20. The maximum atomic E-state index is 12.9. The minimum absolute atomic E-state index is 0.0483. The summed E-state index contributed by atoms with van der Waals surface area (Å²) in [6, 6.07) is 18.5. The molecule has 1 aliphatic rings. The van der Waals surface area contributed by atoms with Crippen molar-refractivity contribution in [2.75, 3.05) is 23.4 Å². The van der Waals surface area contributed by atoms with Crippen LogP contribution in [0.5, 0.6) is 0 Å². The van der Waals surface area contributed by atoms with Crippen LogP contribution in [-0.2, 0) is 11.2 Å². The molecule has 0 spiro atoms. The first-order valence-corrected chi connectivity index (χ1v) is 9.56. The SMILES string of the molecule is CCOC(=O)c1ccc(Nc2ccc(C(=O)N3CCc4ccccc43)cn2)cc1. The fourth-order valence-electron chi connectivity index (χ4n) is 3.35. The van der Waals surface area contributed by atoms with Crippen LogP contribution in [0.3, 0.4) is 0 Å². The molecule has 2 heterocycles. The van der Waals surface area contributed by atoms with Gasteiger partial charge in [0.15, 0.2) is 0 Å². The molecule has 0 saturated carbocycles. The minimum Gasteiger partial charge on any atom is -0.462 e. The van der Waals surface area contributed by atoms with Gasteiger partial charge in [-0.15, -0.1) is 0 Å². The smallest absolute Gasteiger partial charge is 0.338 e. The van der Waals surface area contributed by atoms with Crippen LogP contribution in [0, 0.1) is 0 Å². The predicted molar refractivity (Wildman–Crippen MR) is 112 cm³/mol. The first kappa shape index (κ1) is 18.7. The molecule has 0 unspecified atom stereocenters. The van der Waals surface area contributed by atoms with Gasteiger partial charge in [0.1, 0.15) is 5.82 Å². The molecule has 1 N–H and O–H groups in total. The highest BCUT2D eigenvalue weighted by Gasteiger charge is 2.25. The molecular weight excluding hydrogens is 366 g/mol. The van der Waals surface area contributed by atoms with Gasteiger partial charge in [0, 0.05) is 24.1 Å². The monoisotopic (exact) mass is 387 g/mol. The molecule has 6 heteroatoms. The second-order valence-corrected chi connectivity index (χ2v) is 6.69. The first-order valence-electron chi connectivity index (χ1n) is 9.56. The molecule has 146 valence electrons. The summed E-state index contributed by atoms with van der Waals surface area (Å²) in [5.41, 5.74) is 4.00. The number of nitrogens with zero attached hydrogens (tertiary/aromatic N) is 2. The number of esters is 1. The molecule has 2 aromatic carbocycles. The van der Waals surface area contributed by atoms with Crippen molar-refractivity contribution in [3.8, 4) is 0 Å². The van der Waals surface area contributed by atoms with E-state index in [4.69, 9.17) is 4.74 Å². The number of benzene rings is 2. The average molecular weight is 387 g/mol. The lowest BCUT2D eigenvalue weighted by molar-refractivity contribution is 0.0526. The molecule has 0 saturated heterocycles. The van der Waals surface area contributed by atoms with E-state index in [1.165, 1.54) is 5.56 Å². The van der Waals surface area contributed by atoms with E-state index in [-0.39, 0.29) is 11.9 Å². The normalized spacial score (nSPS) is 12.4. The van der Waals surface area contributed by atoms with Gasteiger partial charge in [-0.05, 0) is 61.4 Å². The van der Waals surface area contributed by atoms with Gasteiger partial charge in [-0.2, -0.15) is 0 Å². The molecule has 6 nitrogen and oxygen atoms in total. The molecule has 3 aromatic rings. The number of ether oxygens (including phenoxy) is 1. The number of hydrogen-bond donors (Lipinski definition) is 1.